The van der Waals surface area contributed by atoms with E-state index >= 15 is 0 Å². The second-order valence-corrected chi connectivity index (χ2v) is 8.16. The Kier molecular flexibility index (Phi) is 5.17. The zero-order chi connectivity index (χ0) is 19.7. The van der Waals surface area contributed by atoms with Crippen molar-refractivity contribution in [1.29, 1.82) is 0 Å². The minimum atomic E-state index is -0.0747. The number of ether oxygens (including phenoxy) is 1. The molecule has 7 heteroatoms. The Hall–Kier alpha value is -2.67. The number of methoxy groups -OCH3 is 1. The summed E-state index contributed by atoms with van der Waals surface area (Å²) in [6.07, 6.45) is 5.27. The van der Waals surface area contributed by atoms with E-state index in [2.05, 4.69) is 15.3 Å². The van der Waals surface area contributed by atoms with Crippen molar-refractivity contribution in [2.24, 2.45) is 5.92 Å². The van der Waals surface area contributed by atoms with Gasteiger partial charge in [0, 0.05) is 28.8 Å². The lowest BCUT2D eigenvalue weighted by Crippen LogP contribution is -2.14. The maximum absolute atomic E-state index is 12.5. The third-order valence-corrected chi connectivity index (χ3v) is 6.17. The largest absolute Gasteiger partial charge is 0.496 e. The average molecular weight is 398 g/mol. The summed E-state index contributed by atoms with van der Waals surface area (Å²) in [6.45, 7) is 1.91. The number of rotatable bonds is 5. The molecule has 0 saturated heterocycles. The normalized spacial score (nSPS) is 14.5. The highest BCUT2D eigenvalue weighted by Crippen LogP contribution is 2.30. The van der Waals surface area contributed by atoms with E-state index in [0.29, 0.717) is 34.2 Å². The van der Waals surface area contributed by atoms with Gasteiger partial charge in [-0.3, -0.25) is 9.59 Å². The number of fused-ring (bicyclic) bond motifs is 1. The standard InChI is InChI=1S/C21H23N3O3S/c1-12-18(27-2)8-7-14-17(25)10-15(22-20(12)14)16-11-28-21(23-16)24-19(26)9-13-5-3-4-6-13/h7-8,10-11,13H,3-6,9H2,1-2H3,(H,22,25)(H,23,24,26). The SMILES string of the molecule is COc1ccc2c(=O)cc(-c3csc(NC(=O)CC4CCCC4)n3)[nH]c2c1C. The first-order chi connectivity index (χ1) is 13.5. The monoisotopic (exact) mass is 397 g/mol. The molecule has 1 fully saturated rings. The van der Waals surface area contributed by atoms with Crippen LogP contribution in [0.25, 0.3) is 22.3 Å². The van der Waals surface area contributed by atoms with Crippen molar-refractivity contribution in [3.05, 3.63) is 39.4 Å². The van der Waals surface area contributed by atoms with Crippen molar-refractivity contribution < 1.29 is 9.53 Å². The number of carbonyl (C=O) groups excluding carboxylic acids is 1. The second kappa shape index (κ2) is 7.75. The van der Waals surface area contributed by atoms with Crippen molar-refractivity contribution >= 4 is 33.3 Å². The molecule has 28 heavy (non-hydrogen) atoms. The van der Waals surface area contributed by atoms with Gasteiger partial charge in [0.05, 0.1) is 24.0 Å². The molecule has 6 nitrogen and oxygen atoms in total. The van der Waals surface area contributed by atoms with Crippen LogP contribution in [0.5, 0.6) is 5.75 Å². The number of hydrogen-bond acceptors (Lipinski definition) is 5. The molecule has 3 aromatic rings. The molecule has 0 unspecified atom stereocenters. The topological polar surface area (TPSA) is 84.1 Å². The van der Waals surface area contributed by atoms with Crippen molar-refractivity contribution in [3.8, 4) is 17.1 Å². The predicted molar refractivity (Wildman–Crippen MR) is 112 cm³/mol. The van der Waals surface area contributed by atoms with E-state index in [4.69, 9.17) is 4.74 Å². The summed E-state index contributed by atoms with van der Waals surface area (Å²) in [4.78, 5) is 32.6. The van der Waals surface area contributed by atoms with Gasteiger partial charge in [0.25, 0.3) is 0 Å². The highest BCUT2D eigenvalue weighted by atomic mass is 32.1. The molecule has 0 aliphatic heterocycles. The second-order valence-electron chi connectivity index (χ2n) is 7.30. The predicted octanol–water partition coefficient (Wildman–Crippen LogP) is 4.49. The Morgan fingerprint density at radius 3 is 2.89 bits per heavy atom. The van der Waals surface area contributed by atoms with Crippen LogP contribution in [-0.4, -0.2) is 23.0 Å². The molecule has 2 N–H and O–H groups in total. The molecular weight excluding hydrogens is 374 g/mol. The van der Waals surface area contributed by atoms with E-state index in [0.717, 1.165) is 29.7 Å². The molecule has 146 valence electrons. The van der Waals surface area contributed by atoms with Crippen LogP contribution in [-0.2, 0) is 4.79 Å². The summed E-state index contributed by atoms with van der Waals surface area (Å²) >= 11 is 1.36. The number of anilines is 1. The van der Waals surface area contributed by atoms with Crippen LogP contribution in [0.3, 0.4) is 0 Å². The summed E-state index contributed by atoms with van der Waals surface area (Å²) < 4.78 is 5.36. The van der Waals surface area contributed by atoms with E-state index in [1.54, 1.807) is 25.3 Å². The van der Waals surface area contributed by atoms with E-state index in [1.165, 1.54) is 24.2 Å². The highest BCUT2D eigenvalue weighted by Gasteiger charge is 2.19. The number of amides is 1. The van der Waals surface area contributed by atoms with Crippen LogP contribution < -0.4 is 15.5 Å². The smallest absolute Gasteiger partial charge is 0.226 e. The van der Waals surface area contributed by atoms with Crippen LogP contribution in [0.2, 0.25) is 0 Å². The fourth-order valence-corrected chi connectivity index (χ4v) is 4.63. The Bertz CT molecular complexity index is 1080. The highest BCUT2D eigenvalue weighted by molar-refractivity contribution is 7.14. The maximum Gasteiger partial charge on any atom is 0.226 e. The molecule has 0 atom stereocenters. The lowest BCUT2D eigenvalue weighted by Gasteiger charge is -2.09. The number of nitrogens with one attached hydrogen (secondary N) is 2. The quantitative estimate of drug-likeness (QED) is 0.664. The molecule has 1 aliphatic rings. The van der Waals surface area contributed by atoms with Gasteiger partial charge in [-0.15, -0.1) is 11.3 Å². The number of carbonyl (C=O) groups is 1. The van der Waals surface area contributed by atoms with Crippen LogP contribution >= 0.6 is 11.3 Å². The van der Waals surface area contributed by atoms with Crippen molar-refractivity contribution in [2.75, 3.05) is 12.4 Å². The van der Waals surface area contributed by atoms with Gasteiger partial charge in [-0.1, -0.05) is 12.8 Å². The van der Waals surface area contributed by atoms with E-state index in [9.17, 15) is 9.59 Å². The Morgan fingerprint density at radius 1 is 1.36 bits per heavy atom. The number of benzene rings is 1. The molecule has 0 spiro atoms. The van der Waals surface area contributed by atoms with Gasteiger partial charge in [-0.2, -0.15) is 0 Å². The summed E-state index contributed by atoms with van der Waals surface area (Å²) in [5.41, 5.74) is 2.80. The molecule has 1 aromatic carbocycles. The number of aromatic amines is 1. The number of aromatic nitrogens is 2. The van der Waals surface area contributed by atoms with E-state index in [1.807, 2.05) is 12.3 Å². The first-order valence-electron chi connectivity index (χ1n) is 9.51. The van der Waals surface area contributed by atoms with Crippen LogP contribution in [0, 0.1) is 12.8 Å². The van der Waals surface area contributed by atoms with Crippen LogP contribution in [0.4, 0.5) is 5.13 Å². The number of H-pyrrole nitrogens is 1. The van der Waals surface area contributed by atoms with E-state index < -0.39 is 0 Å². The molecule has 1 amide bonds. The van der Waals surface area contributed by atoms with Gasteiger partial charge in [0.15, 0.2) is 10.6 Å². The Morgan fingerprint density at radius 2 is 2.14 bits per heavy atom. The number of aryl methyl sites for hydroxylation is 1. The average Bonchev–Trinajstić information content (AvgIpc) is 3.34. The van der Waals surface area contributed by atoms with E-state index in [-0.39, 0.29) is 11.3 Å². The summed E-state index contributed by atoms with van der Waals surface area (Å²) in [5.74, 6) is 1.23. The summed E-state index contributed by atoms with van der Waals surface area (Å²) in [7, 11) is 1.61. The van der Waals surface area contributed by atoms with Gasteiger partial charge in [0.2, 0.25) is 5.91 Å². The molecule has 0 radical (unpaired) electrons. The number of pyridine rings is 1. The Balaban J connectivity index is 1.59. The van der Waals surface area contributed by atoms with Gasteiger partial charge >= 0.3 is 0 Å². The van der Waals surface area contributed by atoms with Crippen molar-refractivity contribution in [1.82, 2.24) is 9.97 Å². The van der Waals surface area contributed by atoms with Gasteiger partial charge in [0.1, 0.15) is 5.75 Å². The number of hydrogen-bond donors (Lipinski definition) is 2. The zero-order valence-corrected chi connectivity index (χ0v) is 16.8. The lowest BCUT2D eigenvalue weighted by atomic mass is 10.0. The first-order valence-corrected chi connectivity index (χ1v) is 10.4. The fraction of sp³-hybridized carbons (Fsp3) is 0.381. The minimum Gasteiger partial charge on any atom is -0.496 e. The first kappa shape index (κ1) is 18.7. The maximum atomic E-state index is 12.5. The zero-order valence-electron chi connectivity index (χ0n) is 16.0. The minimum absolute atomic E-state index is 0.0142. The Labute approximate surface area is 167 Å². The lowest BCUT2D eigenvalue weighted by molar-refractivity contribution is -0.117. The molecular formula is C21H23N3O3S. The fourth-order valence-electron chi connectivity index (χ4n) is 3.90. The van der Waals surface area contributed by atoms with Crippen molar-refractivity contribution in [3.63, 3.8) is 0 Å². The molecule has 4 rings (SSSR count). The van der Waals surface area contributed by atoms with Gasteiger partial charge < -0.3 is 15.0 Å². The number of nitrogens with zero attached hydrogens (tertiary/aromatic N) is 1. The molecule has 1 saturated carbocycles. The van der Waals surface area contributed by atoms with Crippen LogP contribution in [0.15, 0.2) is 28.4 Å². The number of thiazole rings is 1. The molecule has 2 heterocycles. The molecule has 2 aromatic heterocycles. The van der Waals surface area contributed by atoms with Gasteiger partial charge in [-0.05, 0) is 37.8 Å². The molecule has 1 aliphatic carbocycles. The summed E-state index contributed by atoms with van der Waals surface area (Å²) in [5, 5.41) is 5.91. The summed E-state index contributed by atoms with van der Waals surface area (Å²) in [6, 6.07) is 5.11. The molecule has 0 bridgehead atoms. The third kappa shape index (κ3) is 3.67. The van der Waals surface area contributed by atoms with Gasteiger partial charge in [-0.25, -0.2) is 4.98 Å². The third-order valence-electron chi connectivity index (χ3n) is 5.41. The van der Waals surface area contributed by atoms with Crippen LogP contribution in [0.1, 0.15) is 37.7 Å². The van der Waals surface area contributed by atoms with Crippen molar-refractivity contribution in [2.45, 2.75) is 39.0 Å².